The van der Waals surface area contributed by atoms with E-state index in [1.807, 2.05) is 12.1 Å². The molecule has 2 nitrogen and oxygen atoms in total. The van der Waals surface area contributed by atoms with Crippen LogP contribution in [-0.2, 0) is 0 Å². The molecule has 118 valence electrons. The van der Waals surface area contributed by atoms with Crippen LogP contribution in [0.2, 0.25) is 0 Å². The molecule has 0 aliphatic rings. The summed E-state index contributed by atoms with van der Waals surface area (Å²) < 4.78 is 0. The molecule has 0 aliphatic carbocycles. The van der Waals surface area contributed by atoms with Gasteiger partial charge in [0.1, 0.15) is 0 Å². The number of aryl methyl sites for hydroxylation is 1. The smallest absolute Gasteiger partial charge is 0.0867 e. The Labute approximate surface area is 130 Å². The van der Waals surface area contributed by atoms with Crippen molar-refractivity contribution in [3.05, 3.63) is 35.4 Å². The van der Waals surface area contributed by atoms with Gasteiger partial charge in [-0.25, -0.2) is 0 Å². The van der Waals surface area contributed by atoms with Crippen molar-refractivity contribution in [1.29, 1.82) is 0 Å². The van der Waals surface area contributed by atoms with Crippen LogP contribution in [0.15, 0.2) is 29.4 Å². The van der Waals surface area contributed by atoms with Crippen LogP contribution in [0.5, 0.6) is 0 Å². The standard InChI is InChI=1S/C19H31NO/c1-3-4-5-6-7-8-9-10-11-12-19(20-21)18-15-13-17(2)14-16-18/h13-16,21H,3-12H2,1-2H3/b20-19-. The molecule has 0 radical (unpaired) electrons. The molecule has 0 saturated carbocycles. The number of benzene rings is 1. The molecule has 1 aromatic carbocycles. The fraction of sp³-hybridized carbons (Fsp3) is 0.632. The van der Waals surface area contributed by atoms with Gasteiger partial charge in [0.25, 0.3) is 0 Å². The summed E-state index contributed by atoms with van der Waals surface area (Å²) in [6.45, 7) is 4.33. The summed E-state index contributed by atoms with van der Waals surface area (Å²) in [5.74, 6) is 0. The molecule has 0 unspecified atom stereocenters. The highest BCUT2D eigenvalue weighted by atomic mass is 16.4. The summed E-state index contributed by atoms with van der Waals surface area (Å²) in [5.41, 5.74) is 3.10. The highest BCUT2D eigenvalue weighted by Crippen LogP contribution is 2.13. The van der Waals surface area contributed by atoms with E-state index in [1.54, 1.807) is 0 Å². The highest BCUT2D eigenvalue weighted by Gasteiger charge is 2.04. The fourth-order valence-electron chi connectivity index (χ4n) is 2.60. The lowest BCUT2D eigenvalue weighted by molar-refractivity contribution is 0.317. The summed E-state index contributed by atoms with van der Waals surface area (Å²) in [4.78, 5) is 0. The largest absolute Gasteiger partial charge is 0.411 e. The molecular formula is C19H31NO. The van der Waals surface area contributed by atoms with E-state index in [2.05, 4.69) is 31.1 Å². The molecule has 1 rings (SSSR count). The molecule has 0 heterocycles. The monoisotopic (exact) mass is 289 g/mol. The lowest BCUT2D eigenvalue weighted by Crippen LogP contribution is -2.01. The number of unbranched alkanes of at least 4 members (excludes halogenated alkanes) is 8. The number of rotatable bonds is 11. The van der Waals surface area contributed by atoms with E-state index < -0.39 is 0 Å². The Bertz CT molecular complexity index is 395. The van der Waals surface area contributed by atoms with Gasteiger partial charge in [-0.05, 0) is 25.3 Å². The highest BCUT2D eigenvalue weighted by molar-refractivity contribution is 6.00. The maximum absolute atomic E-state index is 9.16. The quantitative estimate of drug-likeness (QED) is 0.227. The number of nitrogens with zero attached hydrogens (tertiary/aromatic N) is 1. The van der Waals surface area contributed by atoms with E-state index in [0.29, 0.717) is 0 Å². The Morgan fingerprint density at radius 2 is 1.38 bits per heavy atom. The molecule has 0 aliphatic heterocycles. The third-order valence-electron chi connectivity index (χ3n) is 4.02. The minimum atomic E-state index is 0.818. The first kappa shape index (κ1) is 17.7. The molecule has 0 aromatic heterocycles. The summed E-state index contributed by atoms with van der Waals surface area (Å²) in [7, 11) is 0. The number of hydrogen-bond donors (Lipinski definition) is 1. The van der Waals surface area contributed by atoms with E-state index in [4.69, 9.17) is 5.21 Å². The average Bonchev–Trinajstić information content (AvgIpc) is 2.51. The van der Waals surface area contributed by atoms with Gasteiger partial charge in [0.15, 0.2) is 0 Å². The zero-order valence-corrected chi connectivity index (χ0v) is 13.8. The summed E-state index contributed by atoms with van der Waals surface area (Å²) in [5, 5.41) is 12.6. The SMILES string of the molecule is CCCCCCCCCCC/C(=N/O)c1ccc(C)cc1. The molecule has 0 spiro atoms. The number of oxime groups is 1. The molecular weight excluding hydrogens is 258 g/mol. The van der Waals surface area contributed by atoms with Gasteiger partial charge in [-0.1, -0.05) is 93.3 Å². The first-order valence-electron chi connectivity index (χ1n) is 8.56. The fourth-order valence-corrected chi connectivity index (χ4v) is 2.60. The Kier molecular flexibility index (Phi) is 9.60. The summed E-state index contributed by atoms with van der Waals surface area (Å²) in [6, 6.07) is 8.21. The van der Waals surface area contributed by atoms with Crippen molar-refractivity contribution in [1.82, 2.24) is 0 Å². The van der Waals surface area contributed by atoms with Crippen molar-refractivity contribution >= 4 is 5.71 Å². The van der Waals surface area contributed by atoms with Gasteiger partial charge in [-0.3, -0.25) is 0 Å². The lowest BCUT2D eigenvalue weighted by Gasteiger charge is -2.05. The molecule has 1 aromatic rings. The maximum atomic E-state index is 9.16. The lowest BCUT2D eigenvalue weighted by atomic mass is 10.0. The van der Waals surface area contributed by atoms with Crippen LogP contribution in [-0.4, -0.2) is 10.9 Å². The zero-order chi connectivity index (χ0) is 15.3. The second kappa shape index (κ2) is 11.4. The van der Waals surface area contributed by atoms with Gasteiger partial charge in [-0.15, -0.1) is 0 Å². The van der Waals surface area contributed by atoms with E-state index in [9.17, 15) is 0 Å². The summed E-state index contributed by atoms with van der Waals surface area (Å²) >= 11 is 0. The Morgan fingerprint density at radius 3 is 1.90 bits per heavy atom. The van der Waals surface area contributed by atoms with E-state index in [-0.39, 0.29) is 0 Å². The van der Waals surface area contributed by atoms with Crippen molar-refractivity contribution in [2.24, 2.45) is 5.16 Å². The Hall–Kier alpha value is -1.31. The molecule has 0 atom stereocenters. The van der Waals surface area contributed by atoms with Crippen LogP contribution in [0.4, 0.5) is 0 Å². The first-order valence-corrected chi connectivity index (χ1v) is 8.56. The van der Waals surface area contributed by atoms with Crippen molar-refractivity contribution in [2.45, 2.75) is 78.1 Å². The second-order valence-electron chi connectivity index (χ2n) is 5.99. The molecule has 0 saturated heterocycles. The predicted octanol–water partition coefficient (Wildman–Crippen LogP) is 6.09. The molecule has 2 heteroatoms. The van der Waals surface area contributed by atoms with E-state index in [0.717, 1.165) is 24.1 Å². The molecule has 0 bridgehead atoms. The van der Waals surface area contributed by atoms with Gasteiger partial charge in [0.2, 0.25) is 0 Å². The molecule has 0 amide bonds. The number of hydrogen-bond acceptors (Lipinski definition) is 2. The van der Waals surface area contributed by atoms with Crippen molar-refractivity contribution in [3.8, 4) is 0 Å². The minimum Gasteiger partial charge on any atom is -0.411 e. The third kappa shape index (κ3) is 7.89. The maximum Gasteiger partial charge on any atom is 0.0867 e. The molecule has 21 heavy (non-hydrogen) atoms. The van der Waals surface area contributed by atoms with Gasteiger partial charge in [0.05, 0.1) is 5.71 Å². The van der Waals surface area contributed by atoms with Gasteiger partial charge in [-0.2, -0.15) is 0 Å². The average molecular weight is 289 g/mol. The van der Waals surface area contributed by atoms with Crippen molar-refractivity contribution in [3.63, 3.8) is 0 Å². The zero-order valence-electron chi connectivity index (χ0n) is 13.8. The minimum absolute atomic E-state index is 0.818. The van der Waals surface area contributed by atoms with Crippen molar-refractivity contribution < 1.29 is 5.21 Å². The second-order valence-corrected chi connectivity index (χ2v) is 5.99. The third-order valence-corrected chi connectivity index (χ3v) is 4.02. The van der Waals surface area contributed by atoms with Crippen LogP contribution in [0, 0.1) is 6.92 Å². The topological polar surface area (TPSA) is 32.6 Å². The Balaban J connectivity index is 2.12. The summed E-state index contributed by atoms with van der Waals surface area (Å²) in [6.07, 6.45) is 12.7. The molecule has 0 fully saturated rings. The van der Waals surface area contributed by atoms with Gasteiger partial charge >= 0.3 is 0 Å². The Morgan fingerprint density at radius 1 is 0.857 bits per heavy atom. The van der Waals surface area contributed by atoms with Gasteiger partial charge in [0, 0.05) is 0 Å². The van der Waals surface area contributed by atoms with Crippen LogP contribution in [0.25, 0.3) is 0 Å². The van der Waals surface area contributed by atoms with Gasteiger partial charge < -0.3 is 5.21 Å². The van der Waals surface area contributed by atoms with Crippen LogP contribution in [0.1, 0.15) is 82.3 Å². The van der Waals surface area contributed by atoms with E-state index in [1.165, 1.54) is 56.9 Å². The van der Waals surface area contributed by atoms with Crippen LogP contribution < -0.4 is 0 Å². The van der Waals surface area contributed by atoms with Crippen LogP contribution in [0.3, 0.4) is 0 Å². The normalized spacial score (nSPS) is 11.8. The van der Waals surface area contributed by atoms with E-state index >= 15 is 0 Å². The molecule has 1 N–H and O–H groups in total. The predicted molar refractivity (Wildman–Crippen MR) is 91.3 cm³/mol. The first-order chi connectivity index (χ1) is 10.3. The van der Waals surface area contributed by atoms with Crippen LogP contribution >= 0.6 is 0 Å². The van der Waals surface area contributed by atoms with Crippen molar-refractivity contribution in [2.75, 3.05) is 0 Å².